The first-order valence-corrected chi connectivity index (χ1v) is 7.79. The quantitative estimate of drug-likeness (QED) is 0.664. The Labute approximate surface area is 135 Å². The average Bonchev–Trinajstić information content (AvgIpc) is 2.53. The van der Waals surface area contributed by atoms with E-state index in [1.807, 2.05) is 19.1 Å². The Balaban J connectivity index is 1.91. The molecule has 0 bridgehead atoms. The summed E-state index contributed by atoms with van der Waals surface area (Å²) in [4.78, 5) is 18.9. The van der Waals surface area contributed by atoms with Gasteiger partial charge < -0.3 is 5.32 Å². The number of nitrogens with zero attached hydrogens (tertiary/aromatic N) is 2. The third-order valence-electron chi connectivity index (χ3n) is 2.90. The van der Waals surface area contributed by atoms with E-state index in [0.717, 1.165) is 36.0 Å². The van der Waals surface area contributed by atoms with Gasteiger partial charge in [-0.25, -0.2) is 9.97 Å². The maximum absolute atomic E-state index is 12.5. The van der Waals surface area contributed by atoms with Gasteiger partial charge in [-0.15, -0.1) is 0 Å². The fourth-order valence-electron chi connectivity index (χ4n) is 1.72. The first kappa shape index (κ1) is 17.3. The fraction of sp³-hybridized carbons (Fsp3) is 0.267. The van der Waals surface area contributed by atoms with Crippen LogP contribution in [-0.4, -0.2) is 21.6 Å². The summed E-state index contributed by atoms with van der Waals surface area (Å²) in [6.45, 7) is 2.03. The SMILES string of the molecule is CCc1ccc(NC(=O)CSc2nccc(C(F)(F)F)n2)cc1. The average molecular weight is 341 g/mol. The van der Waals surface area contributed by atoms with Crippen molar-refractivity contribution in [3.8, 4) is 0 Å². The minimum Gasteiger partial charge on any atom is -0.325 e. The molecule has 1 aromatic heterocycles. The molecule has 0 aliphatic heterocycles. The zero-order valence-electron chi connectivity index (χ0n) is 12.2. The lowest BCUT2D eigenvalue weighted by molar-refractivity contribution is -0.141. The normalized spacial score (nSPS) is 11.3. The van der Waals surface area contributed by atoms with Gasteiger partial charge in [0.1, 0.15) is 5.69 Å². The molecule has 1 heterocycles. The van der Waals surface area contributed by atoms with Crippen molar-refractivity contribution >= 4 is 23.4 Å². The van der Waals surface area contributed by atoms with Crippen LogP contribution in [0.3, 0.4) is 0 Å². The van der Waals surface area contributed by atoms with E-state index in [2.05, 4.69) is 15.3 Å². The number of anilines is 1. The summed E-state index contributed by atoms with van der Waals surface area (Å²) in [7, 11) is 0. The number of benzene rings is 1. The molecule has 8 heteroatoms. The van der Waals surface area contributed by atoms with Crippen LogP contribution < -0.4 is 5.32 Å². The first-order valence-electron chi connectivity index (χ1n) is 6.80. The summed E-state index contributed by atoms with van der Waals surface area (Å²) in [6.07, 6.45) is -2.60. The highest BCUT2D eigenvalue weighted by Crippen LogP contribution is 2.28. The Kier molecular flexibility index (Phi) is 5.59. The second kappa shape index (κ2) is 7.45. The van der Waals surface area contributed by atoms with E-state index in [1.165, 1.54) is 0 Å². The van der Waals surface area contributed by atoms with Gasteiger partial charge in [-0.3, -0.25) is 4.79 Å². The Bertz CT molecular complexity index is 674. The molecule has 4 nitrogen and oxygen atoms in total. The number of alkyl halides is 3. The number of hydrogen-bond donors (Lipinski definition) is 1. The van der Waals surface area contributed by atoms with Crippen molar-refractivity contribution in [1.29, 1.82) is 0 Å². The molecule has 0 radical (unpaired) electrons. The van der Waals surface area contributed by atoms with E-state index in [1.54, 1.807) is 12.1 Å². The van der Waals surface area contributed by atoms with E-state index < -0.39 is 11.9 Å². The smallest absolute Gasteiger partial charge is 0.325 e. The van der Waals surface area contributed by atoms with Gasteiger partial charge in [-0.1, -0.05) is 30.8 Å². The molecule has 1 N–H and O–H groups in total. The number of aryl methyl sites for hydroxylation is 1. The number of carbonyl (C=O) groups is 1. The van der Waals surface area contributed by atoms with Crippen LogP contribution in [0.1, 0.15) is 18.2 Å². The molecule has 0 saturated carbocycles. The lowest BCUT2D eigenvalue weighted by Crippen LogP contribution is -2.15. The highest BCUT2D eigenvalue weighted by atomic mass is 32.2. The van der Waals surface area contributed by atoms with E-state index in [4.69, 9.17) is 0 Å². The van der Waals surface area contributed by atoms with Gasteiger partial charge in [-0.05, 0) is 30.2 Å². The number of halogens is 3. The Morgan fingerprint density at radius 2 is 1.91 bits per heavy atom. The van der Waals surface area contributed by atoms with Gasteiger partial charge in [-0.2, -0.15) is 13.2 Å². The summed E-state index contributed by atoms with van der Waals surface area (Å²) < 4.78 is 37.6. The second-order valence-electron chi connectivity index (χ2n) is 4.61. The van der Waals surface area contributed by atoms with Crippen LogP contribution in [0.15, 0.2) is 41.7 Å². The van der Waals surface area contributed by atoms with Crippen molar-refractivity contribution in [2.75, 3.05) is 11.1 Å². The molecule has 122 valence electrons. The van der Waals surface area contributed by atoms with Crippen molar-refractivity contribution < 1.29 is 18.0 Å². The molecule has 0 aliphatic rings. The van der Waals surface area contributed by atoms with Crippen LogP contribution in [0.4, 0.5) is 18.9 Å². The number of aromatic nitrogens is 2. The summed E-state index contributed by atoms with van der Waals surface area (Å²) in [5.41, 5.74) is 0.762. The highest BCUT2D eigenvalue weighted by molar-refractivity contribution is 7.99. The molecule has 1 amide bonds. The molecule has 0 aliphatic carbocycles. The van der Waals surface area contributed by atoms with Crippen LogP contribution in [0.5, 0.6) is 0 Å². The van der Waals surface area contributed by atoms with E-state index in [0.29, 0.717) is 5.69 Å². The summed E-state index contributed by atoms with van der Waals surface area (Å²) in [5.74, 6) is -0.406. The summed E-state index contributed by atoms with van der Waals surface area (Å²) in [6, 6.07) is 8.15. The molecule has 2 rings (SSSR count). The molecule has 0 fully saturated rings. The van der Waals surface area contributed by atoms with Crippen LogP contribution in [0.2, 0.25) is 0 Å². The predicted molar refractivity (Wildman–Crippen MR) is 82.2 cm³/mol. The predicted octanol–water partition coefficient (Wildman–Crippen LogP) is 3.79. The zero-order valence-corrected chi connectivity index (χ0v) is 13.0. The third kappa shape index (κ3) is 5.24. The number of nitrogens with one attached hydrogen (secondary N) is 1. The topological polar surface area (TPSA) is 54.9 Å². The van der Waals surface area contributed by atoms with Gasteiger partial charge in [0.25, 0.3) is 0 Å². The van der Waals surface area contributed by atoms with Crippen molar-refractivity contribution in [3.05, 3.63) is 47.8 Å². The summed E-state index contributed by atoms with van der Waals surface area (Å²) >= 11 is 0.851. The monoisotopic (exact) mass is 341 g/mol. The summed E-state index contributed by atoms with van der Waals surface area (Å²) in [5, 5.41) is 2.58. The fourth-order valence-corrected chi connectivity index (χ4v) is 2.35. The molecule has 0 spiro atoms. The standard InChI is InChI=1S/C15H14F3N3OS/c1-2-10-3-5-11(6-4-10)20-13(22)9-23-14-19-8-7-12(21-14)15(16,17)18/h3-8H,2,9H2,1H3,(H,20,22). The minimum absolute atomic E-state index is 0.0726. The van der Waals surface area contributed by atoms with Gasteiger partial charge in [0.2, 0.25) is 5.91 Å². The lowest BCUT2D eigenvalue weighted by Gasteiger charge is -2.07. The minimum atomic E-state index is -4.53. The van der Waals surface area contributed by atoms with Crippen LogP contribution in [0, 0.1) is 0 Å². The highest BCUT2D eigenvalue weighted by Gasteiger charge is 2.32. The Hall–Kier alpha value is -2.09. The zero-order chi connectivity index (χ0) is 16.9. The molecule has 23 heavy (non-hydrogen) atoms. The molecule has 0 saturated heterocycles. The molecule has 0 atom stereocenters. The van der Waals surface area contributed by atoms with Gasteiger partial charge >= 0.3 is 6.18 Å². The Morgan fingerprint density at radius 3 is 2.52 bits per heavy atom. The molecule has 1 aromatic carbocycles. The molecule has 0 unspecified atom stereocenters. The first-order chi connectivity index (χ1) is 10.9. The van der Waals surface area contributed by atoms with Crippen LogP contribution in [-0.2, 0) is 17.4 Å². The Morgan fingerprint density at radius 1 is 1.22 bits per heavy atom. The number of carbonyl (C=O) groups excluding carboxylic acids is 1. The number of amides is 1. The number of hydrogen-bond acceptors (Lipinski definition) is 4. The van der Waals surface area contributed by atoms with E-state index >= 15 is 0 Å². The molecule has 2 aromatic rings. The number of rotatable bonds is 5. The van der Waals surface area contributed by atoms with E-state index in [9.17, 15) is 18.0 Å². The van der Waals surface area contributed by atoms with Crippen molar-refractivity contribution in [3.63, 3.8) is 0 Å². The van der Waals surface area contributed by atoms with Crippen molar-refractivity contribution in [1.82, 2.24) is 9.97 Å². The number of thioether (sulfide) groups is 1. The third-order valence-corrected chi connectivity index (χ3v) is 3.76. The van der Waals surface area contributed by atoms with E-state index in [-0.39, 0.29) is 16.8 Å². The van der Waals surface area contributed by atoms with Crippen LogP contribution >= 0.6 is 11.8 Å². The van der Waals surface area contributed by atoms with Crippen molar-refractivity contribution in [2.24, 2.45) is 0 Å². The van der Waals surface area contributed by atoms with Gasteiger partial charge in [0, 0.05) is 11.9 Å². The maximum atomic E-state index is 12.5. The largest absolute Gasteiger partial charge is 0.433 e. The van der Waals surface area contributed by atoms with Crippen LogP contribution in [0.25, 0.3) is 0 Å². The maximum Gasteiger partial charge on any atom is 0.433 e. The molecular weight excluding hydrogens is 327 g/mol. The second-order valence-corrected chi connectivity index (χ2v) is 5.55. The van der Waals surface area contributed by atoms with Crippen molar-refractivity contribution in [2.45, 2.75) is 24.7 Å². The van der Waals surface area contributed by atoms with Gasteiger partial charge in [0.05, 0.1) is 5.75 Å². The van der Waals surface area contributed by atoms with Gasteiger partial charge in [0.15, 0.2) is 5.16 Å². The lowest BCUT2D eigenvalue weighted by atomic mass is 10.1. The molecular formula is C15H14F3N3OS.